The molecule has 0 atom stereocenters. The van der Waals surface area contributed by atoms with E-state index < -0.39 is 21.7 Å². The van der Waals surface area contributed by atoms with Gasteiger partial charge in [-0.15, -0.1) is 0 Å². The highest BCUT2D eigenvalue weighted by atomic mass is 35.5. The molecule has 0 unspecified atom stereocenters. The topological polar surface area (TPSA) is 106 Å². The normalized spacial score (nSPS) is 11.6. The van der Waals surface area contributed by atoms with Gasteiger partial charge in [-0.3, -0.25) is 4.79 Å². The molecule has 0 saturated heterocycles. The number of pyridine rings is 1. The van der Waals surface area contributed by atoms with Gasteiger partial charge < -0.3 is 14.2 Å². The Morgan fingerprint density at radius 2 is 1.81 bits per heavy atom. The van der Waals surface area contributed by atoms with E-state index in [1.807, 2.05) is 0 Å². The van der Waals surface area contributed by atoms with Crippen molar-refractivity contribution in [1.29, 1.82) is 0 Å². The van der Waals surface area contributed by atoms with E-state index in [4.69, 9.17) is 20.9 Å². The van der Waals surface area contributed by atoms with E-state index in [1.165, 1.54) is 68.0 Å². The first-order chi connectivity index (χ1) is 17.7. The van der Waals surface area contributed by atoms with Crippen molar-refractivity contribution in [3.05, 3.63) is 100 Å². The standard InChI is InChI=1S/C25H16ClF2N3O5S/c1-35-23-12-17(14-2-5-19(27)18(26)11-14)20(28)13-22(23)31(24-8-9-36-30-24)37(33,34)16-4-6-21-15(10-16)3-7-25(32)29-21/h2-13H,1H3,(H,29,32). The van der Waals surface area contributed by atoms with Crippen molar-refractivity contribution < 1.29 is 26.5 Å². The summed E-state index contributed by atoms with van der Waals surface area (Å²) in [5.41, 5.74) is 0.177. The number of hydrogen-bond acceptors (Lipinski definition) is 6. The van der Waals surface area contributed by atoms with Crippen molar-refractivity contribution in [2.24, 2.45) is 0 Å². The van der Waals surface area contributed by atoms with Gasteiger partial charge in [0.05, 0.1) is 17.0 Å². The first kappa shape index (κ1) is 24.5. The molecular formula is C25H16ClF2N3O5S. The number of anilines is 2. The molecule has 0 bridgehead atoms. The number of rotatable bonds is 6. The monoisotopic (exact) mass is 543 g/mol. The van der Waals surface area contributed by atoms with Crippen LogP contribution in [0.2, 0.25) is 5.02 Å². The van der Waals surface area contributed by atoms with E-state index in [-0.39, 0.29) is 43.9 Å². The van der Waals surface area contributed by atoms with Gasteiger partial charge in [0.15, 0.2) is 5.82 Å². The van der Waals surface area contributed by atoms with E-state index in [1.54, 1.807) is 0 Å². The third kappa shape index (κ3) is 4.43. The molecule has 0 fully saturated rings. The van der Waals surface area contributed by atoms with Gasteiger partial charge in [0.1, 0.15) is 29.3 Å². The summed E-state index contributed by atoms with van der Waals surface area (Å²) in [6.07, 6.45) is 1.17. The van der Waals surface area contributed by atoms with Gasteiger partial charge in [-0.2, -0.15) is 0 Å². The predicted octanol–water partition coefficient (Wildman–Crippen LogP) is 5.65. The molecule has 12 heteroatoms. The highest BCUT2D eigenvalue weighted by molar-refractivity contribution is 7.93. The lowest BCUT2D eigenvalue weighted by molar-refractivity contribution is 0.413. The molecule has 0 radical (unpaired) electrons. The van der Waals surface area contributed by atoms with E-state index >= 15 is 4.39 Å². The Balaban J connectivity index is 1.70. The first-order valence-corrected chi connectivity index (χ1v) is 12.4. The molecule has 37 heavy (non-hydrogen) atoms. The van der Waals surface area contributed by atoms with Crippen LogP contribution in [0.25, 0.3) is 22.0 Å². The smallest absolute Gasteiger partial charge is 0.270 e. The third-order valence-corrected chi connectivity index (χ3v) is 7.59. The quantitative estimate of drug-likeness (QED) is 0.297. The number of hydrogen-bond donors (Lipinski definition) is 1. The van der Waals surface area contributed by atoms with Gasteiger partial charge in [0.2, 0.25) is 5.56 Å². The summed E-state index contributed by atoms with van der Waals surface area (Å²) in [6, 6.07) is 14.1. The summed E-state index contributed by atoms with van der Waals surface area (Å²) in [6.45, 7) is 0. The Hall–Kier alpha value is -4.22. The molecule has 5 aromatic rings. The highest BCUT2D eigenvalue weighted by Crippen LogP contribution is 2.42. The maximum Gasteiger partial charge on any atom is 0.270 e. The van der Waals surface area contributed by atoms with Gasteiger partial charge in [0, 0.05) is 29.3 Å². The van der Waals surface area contributed by atoms with Gasteiger partial charge >= 0.3 is 0 Å². The number of H-pyrrole nitrogens is 1. The van der Waals surface area contributed by atoms with Crippen LogP contribution in [0.5, 0.6) is 5.75 Å². The second-order valence-corrected chi connectivity index (χ2v) is 10.0. The molecule has 5 rings (SSSR count). The zero-order valence-corrected chi connectivity index (χ0v) is 20.5. The average molecular weight is 544 g/mol. The van der Waals surface area contributed by atoms with Crippen LogP contribution >= 0.6 is 11.6 Å². The zero-order valence-electron chi connectivity index (χ0n) is 18.9. The fourth-order valence-electron chi connectivity index (χ4n) is 3.84. The van der Waals surface area contributed by atoms with E-state index in [9.17, 15) is 17.6 Å². The van der Waals surface area contributed by atoms with E-state index in [0.29, 0.717) is 10.9 Å². The van der Waals surface area contributed by atoms with Gasteiger partial charge in [-0.05, 0) is 53.4 Å². The van der Waals surface area contributed by atoms with Crippen LogP contribution in [0.15, 0.2) is 87.2 Å². The number of ether oxygens (including phenoxy) is 1. The van der Waals surface area contributed by atoms with Crippen molar-refractivity contribution >= 4 is 44.0 Å². The molecule has 0 saturated carbocycles. The van der Waals surface area contributed by atoms with Crippen LogP contribution in [0, 0.1) is 11.6 Å². The van der Waals surface area contributed by atoms with Crippen LogP contribution in [-0.4, -0.2) is 25.7 Å². The average Bonchev–Trinajstić information content (AvgIpc) is 3.39. The number of sulfonamides is 1. The van der Waals surface area contributed by atoms with Gasteiger partial charge in [0.25, 0.3) is 10.0 Å². The van der Waals surface area contributed by atoms with Gasteiger partial charge in [-0.1, -0.05) is 22.8 Å². The zero-order chi connectivity index (χ0) is 26.3. The second kappa shape index (κ2) is 9.34. The summed E-state index contributed by atoms with van der Waals surface area (Å²) in [5, 5.41) is 4.01. The number of nitrogens with zero attached hydrogens (tertiary/aromatic N) is 2. The summed E-state index contributed by atoms with van der Waals surface area (Å²) < 4.78 is 67.9. The summed E-state index contributed by atoms with van der Waals surface area (Å²) in [4.78, 5) is 14.1. The number of halogens is 3. The molecule has 1 N–H and O–H groups in total. The van der Waals surface area contributed by atoms with Crippen molar-refractivity contribution in [3.63, 3.8) is 0 Å². The van der Waals surface area contributed by atoms with Crippen LogP contribution in [0.1, 0.15) is 0 Å². The Kier molecular flexibility index (Phi) is 6.18. The molecule has 2 aromatic heterocycles. The Bertz CT molecular complexity index is 1810. The largest absolute Gasteiger partial charge is 0.495 e. The molecule has 0 spiro atoms. The van der Waals surface area contributed by atoms with E-state index in [0.717, 1.165) is 16.4 Å². The minimum atomic E-state index is -4.42. The first-order valence-electron chi connectivity index (χ1n) is 10.6. The molecule has 0 aliphatic rings. The highest BCUT2D eigenvalue weighted by Gasteiger charge is 2.32. The second-order valence-electron chi connectivity index (χ2n) is 7.83. The van der Waals surface area contributed by atoms with Crippen molar-refractivity contribution in [3.8, 4) is 16.9 Å². The minimum absolute atomic E-state index is 0.00894. The Labute approximate surface area is 213 Å². The third-order valence-electron chi connectivity index (χ3n) is 5.58. The summed E-state index contributed by atoms with van der Waals surface area (Å²) in [7, 11) is -3.13. The number of benzene rings is 3. The number of fused-ring (bicyclic) bond motifs is 1. The lowest BCUT2D eigenvalue weighted by Gasteiger charge is -2.24. The fourth-order valence-corrected chi connectivity index (χ4v) is 5.48. The number of nitrogens with one attached hydrogen (secondary N) is 1. The molecule has 0 aliphatic carbocycles. The van der Waals surface area contributed by atoms with Crippen molar-refractivity contribution in [2.45, 2.75) is 4.90 Å². The summed E-state index contributed by atoms with van der Waals surface area (Å²) in [5.74, 6) is -1.67. The molecule has 3 aromatic carbocycles. The molecule has 0 amide bonds. The van der Waals surface area contributed by atoms with Gasteiger partial charge in [-0.25, -0.2) is 21.5 Å². The van der Waals surface area contributed by atoms with Crippen molar-refractivity contribution in [1.82, 2.24) is 10.1 Å². The number of methoxy groups -OCH3 is 1. The maximum absolute atomic E-state index is 15.4. The Morgan fingerprint density at radius 1 is 1.00 bits per heavy atom. The molecule has 0 aliphatic heterocycles. The minimum Gasteiger partial charge on any atom is -0.495 e. The van der Waals surface area contributed by atoms with Crippen LogP contribution < -0.4 is 14.6 Å². The van der Waals surface area contributed by atoms with Crippen LogP contribution in [0.4, 0.5) is 20.3 Å². The molecule has 2 heterocycles. The van der Waals surface area contributed by atoms with E-state index in [2.05, 4.69) is 10.1 Å². The molecule has 188 valence electrons. The lowest BCUT2D eigenvalue weighted by atomic mass is 10.0. The predicted molar refractivity (Wildman–Crippen MR) is 134 cm³/mol. The van der Waals surface area contributed by atoms with Crippen molar-refractivity contribution in [2.75, 3.05) is 11.4 Å². The van der Waals surface area contributed by atoms with Crippen LogP contribution in [-0.2, 0) is 10.0 Å². The Morgan fingerprint density at radius 3 is 2.51 bits per heavy atom. The molecule has 8 nitrogen and oxygen atoms in total. The number of aromatic amines is 1. The maximum atomic E-state index is 15.4. The molecular weight excluding hydrogens is 528 g/mol. The van der Waals surface area contributed by atoms with Crippen LogP contribution in [0.3, 0.4) is 0 Å². The fraction of sp³-hybridized carbons (Fsp3) is 0.0400. The number of aromatic nitrogens is 2. The summed E-state index contributed by atoms with van der Waals surface area (Å²) >= 11 is 5.86. The SMILES string of the molecule is COc1cc(-c2ccc(F)c(Cl)c2)c(F)cc1N(c1ccon1)S(=O)(=O)c1ccc2[nH]c(=O)ccc2c1. The lowest BCUT2D eigenvalue weighted by Crippen LogP contribution is -2.27.